The third-order valence-corrected chi connectivity index (χ3v) is 5.99. The number of halogens is 1. The van der Waals surface area contributed by atoms with Crippen LogP contribution in [0.25, 0.3) is 0 Å². The molecule has 3 N–H and O–H groups in total. The molecule has 1 heterocycles. The zero-order valence-electron chi connectivity index (χ0n) is 17.9. The van der Waals surface area contributed by atoms with E-state index in [1.165, 1.54) is 11.1 Å². The zero-order valence-corrected chi connectivity index (χ0v) is 20.3. The van der Waals surface area contributed by atoms with Gasteiger partial charge in [0.2, 0.25) is 0 Å². The molecule has 0 radical (unpaired) electrons. The highest BCUT2D eigenvalue weighted by molar-refractivity contribution is 14.0. The van der Waals surface area contributed by atoms with Gasteiger partial charge in [-0.15, -0.1) is 24.0 Å². The summed E-state index contributed by atoms with van der Waals surface area (Å²) in [6.45, 7) is 5.27. The van der Waals surface area contributed by atoms with Crippen LogP contribution in [0.1, 0.15) is 35.4 Å². The van der Waals surface area contributed by atoms with Gasteiger partial charge in [-0.2, -0.15) is 0 Å². The van der Waals surface area contributed by atoms with Crippen molar-refractivity contribution in [3.8, 4) is 0 Å². The van der Waals surface area contributed by atoms with E-state index in [2.05, 4.69) is 46.8 Å². The minimum Gasteiger partial charge on any atom is -0.396 e. The van der Waals surface area contributed by atoms with Gasteiger partial charge in [-0.1, -0.05) is 54.6 Å². The number of hydrogen-bond donors (Lipinski definition) is 3. The summed E-state index contributed by atoms with van der Waals surface area (Å²) in [5, 5.41) is 16.7. The predicted octanol–water partition coefficient (Wildman–Crippen LogP) is 3.60. The molecule has 1 unspecified atom stereocenters. The van der Waals surface area contributed by atoms with E-state index in [-0.39, 0.29) is 41.9 Å². The van der Waals surface area contributed by atoms with Gasteiger partial charge in [-0.3, -0.25) is 4.99 Å². The molecular weight excluding hydrogens is 489 g/mol. The van der Waals surface area contributed by atoms with E-state index in [0.717, 1.165) is 44.1 Å². The van der Waals surface area contributed by atoms with E-state index in [9.17, 15) is 5.11 Å². The smallest absolute Gasteiger partial charge is 0.191 e. The second-order valence-corrected chi connectivity index (χ2v) is 7.80. The van der Waals surface area contributed by atoms with Gasteiger partial charge >= 0.3 is 0 Å². The Morgan fingerprint density at radius 2 is 1.73 bits per heavy atom. The van der Waals surface area contributed by atoms with Gasteiger partial charge in [0, 0.05) is 44.7 Å². The van der Waals surface area contributed by atoms with Crippen molar-refractivity contribution in [1.29, 1.82) is 0 Å². The van der Waals surface area contributed by atoms with Crippen LogP contribution in [0.5, 0.6) is 0 Å². The molecule has 1 saturated heterocycles. The molecule has 5 nitrogen and oxygen atoms in total. The van der Waals surface area contributed by atoms with Gasteiger partial charge in [0.25, 0.3) is 0 Å². The Labute approximate surface area is 197 Å². The lowest BCUT2D eigenvalue weighted by Gasteiger charge is -2.39. The summed E-state index contributed by atoms with van der Waals surface area (Å²) in [5.74, 6) is 0.794. The third kappa shape index (κ3) is 6.18. The highest BCUT2D eigenvalue weighted by Crippen LogP contribution is 2.36. The second kappa shape index (κ2) is 12.3. The van der Waals surface area contributed by atoms with Crippen molar-refractivity contribution in [3.05, 3.63) is 71.3 Å². The summed E-state index contributed by atoms with van der Waals surface area (Å²) in [5.41, 5.74) is 3.88. The van der Waals surface area contributed by atoms with E-state index in [4.69, 9.17) is 4.74 Å². The Morgan fingerprint density at radius 1 is 1.07 bits per heavy atom. The van der Waals surface area contributed by atoms with Crippen molar-refractivity contribution in [2.75, 3.05) is 40.0 Å². The molecule has 1 aliphatic heterocycles. The monoisotopic (exact) mass is 523 g/mol. The number of nitrogens with zero attached hydrogens (tertiary/aromatic N) is 1. The van der Waals surface area contributed by atoms with Crippen molar-refractivity contribution in [2.45, 2.75) is 31.1 Å². The summed E-state index contributed by atoms with van der Waals surface area (Å²) >= 11 is 0. The zero-order chi connectivity index (χ0) is 20.5. The molecule has 2 aromatic carbocycles. The van der Waals surface area contributed by atoms with E-state index in [1.807, 2.05) is 30.3 Å². The van der Waals surface area contributed by atoms with Crippen molar-refractivity contribution in [2.24, 2.45) is 4.99 Å². The summed E-state index contributed by atoms with van der Waals surface area (Å²) in [6, 6.07) is 18.7. The number of aryl methyl sites for hydroxylation is 1. The second-order valence-electron chi connectivity index (χ2n) is 7.80. The maximum absolute atomic E-state index is 9.80. The Hall–Kier alpha value is -1.64. The van der Waals surface area contributed by atoms with Gasteiger partial charge in [0.15, 0.2) is 5.96 Å². The fraction of sp³-hybridized carbons (Fsp3) is 0.458. The number of aliphatic imine (C=N–C) groups is 1. The number of benzene rings is 2. The summed E-state index contributed by atoms with van der Waals surface area (Å²) in [7, 11) is 1.79. The molecule has 0 aliphatic carbocycles. The largest absolute Gasteiger partial charge is 0.396 e. The number of nitrogens with one attached hydrogen (secondary N) is 2. The quantitative estimate of drug-likeness (QED) is 0.295. The molecule has 30 heavy (non-hydrogen) atoms. The fourth-order valence-corrected chi connectivity index (χ4v) is 4.18. The first-order valence-electron chi connectivity index (χ1n) is 10.4. The Morgan fingerprint density at radius 3 is 2.37 bits per heavy atom. The average Bonchev–Trinajstić information content (AvgIpc) is 2.78. The molecule has 1 atom stereocenters. The van der Waals surface area contributed by atoms with Gasteiger partial charge in [-0.25, -0.2) is 0 Å². The van der Waals surface area contributed by atoms with Crippen LogP contribution in [0.3, 0.4) is 0 Å². The van der Waals surface area contributed by atoms with Crippen molar-refractivity contribution < 1.29 is 9.84 Å². The first kappa shape index (κ1) is 24.6. The van der Waals surface area contributed by atoms with E-state index < -0.39 is 0 Å². The molecule has 3 rings (SSSR count). The number of hydrogen-bond acceptors (Lipinski definition) is 3. The lowest BCUT2D eigenvalue weighted by molar-refractivity contribution is 0.0512. The molecule has 0 spiro atoms. The van der Waals surface area contributed by atoms with Crippen LogP contribution in [-0.4, -0.2) is 51.0 Å². The number of aliphatic hydroxyl groups excluding tert-OH is 1. The number of aliphatic hydroxyl groups is 1. The minimum absolute atomic E-state index is 0. The molecule has 0 bridgehead atoms. The minimum atomic E-state index is 0. The molecule has 0 aromatic heterocycles. The molecule has 164 valence electrons. The Kier molecular flexibility index (Phi) is 10.1. The SMILES string of the molecule is CN=C(NCC(CO)c1ccccc1)NCC1(c2ccccc2C)CCOCC1.I. The van der Waals surface area contributed by atoms with Gasteiger partial charge < -0.3 is 20.5 Å². The van der Waals surface area contributed by atoms with Crippen LogP contribution in [-0.2, 0) is 10.2 Å². The lowest BCUT2D eigenvalue weighted by Crippen LogP contribution is -2.49. The maximum atomic E-state index is 9.80. The van der Waals surface area contributed by atoms with Crippen LogP contribution in [0.2, 0.25) is 0 Å². The summed E-state index contributed by atoms with van der Waals surface area (Å²) < 4.78 is 5.66. The van der Waals surface area contributed by atoms with Crippen LogP contribution < -0.4 is 10.6 Å². The van der Waals surface area contributed by atoms with Gasteiger partial charge in [0.05, 0.1) is 6.61 Å². The number of guanidine groups is 1. The van der Waals surface area contributed by atoms with E-state index >= 15 is 0 Å². The van der Waals surface area contributed by atoms with Crippen LogP contribution in [0.15, 0.2) is 59.6 Å². The van der Waals surface area contributed by atoms with E-state index in [1.54, 1.807) is 7.05 Å². The molecule has 0 amide bonds. The van der Waals surface area contributed by atoms with Gasteiger partial charge in [-0.05, 0) is 36.5 Å². The van der Waals surface area contributed by atoms with Crippen LogP contribution >= 0.6 is 24.0 Å². The maximum Gasteiger partial charge on any atom is 0.191 e. The average molecular weight is 523 g/mol. The van der Waals surface area contributed by atoms with Crippen molar-refractivity contribution in [3.63, 3.8) is 0 Å². The molecule has 6 heteroatoms. The molecule has 1 fully saturated rings. The van der Waals surface area contributed by atoms with Crippen LogP contribution in [0.4, 0.5) is 0 Å². The normalized spacial score (nSPS) is 17.0. The van der Waals surface area contributed by atoms with E-state index in [0.29, 0.717) is 6.54 Å². The van der Waals surface area contributed by atoms with Gasteiger partial charge in [0.1, 0.15) is 0 Å². The molecular formula is C24H34IN3O2. The van der Waals surface area contributed by atoms with Crippen molar-refractivity contribution in [1.82, 2.24) is 10.6 Å². The van der Waals surface area contributed by atoms with Crippen LogP contribution in [0, 0.1) is 6.92 Å². The molecule has 0 saturated carbocycles. The topological polar surface area (TPSA) is 65.9 Å². The third-order valence-electron chi connectivity index (χ3n) is 5.99. The highest BCUT2D eigenvalue weighted by Gasteiger charge is 2.35. The molecule has 2 aromatic rings. The Balaban J connectivity index is 0.00000320. The fourth-order valence-electron chi connectivity index (χ4n) is 4.18. The highest BCUT2D eigenvalue weighted by atomic mass is 127. The molecule has 1 aliphatic rings. The summed E-state index contributed by atoms with van der Waals surface area (Å²) in [4.78, 5) is 4.40. The lowest BCUT2D eigenvalue weighted by atomic mass is 9.72. The first-order valence-corrected chi connectivity index (χ1v) is 10.4. The standard InChI is InChI=1S/C24H33N3O2.HI/c1-19-8-6-7-11-22(19)24(12-14-29-15-13-24)18-27-23(25-2)26-16-21(17-28)20-9-4-3-5-10-20;/h3-11,21,28H,12-18H2,1-2H3,(H2,25,26,27);1H. The summed E-state index contributed by atoms with van der Waals surface area (Å²) in [6.07, 6.45) is 1.98. The van der Waals surface area contributed by atoms with Crippen molar-refractivity contribution >= 4 is 29.9 Å². The first-order chi connectivity index (χ1) is 14.2. The Bertz CT molecular complexity index is 792. The number of ether oxygens (including phenoxy) is 1. The number of rotatable bonds is 7. The predicted molar refractivity (Wildman–Crippen MR) is 134 cm³/mol.